The second kappa shape index (κ2) is 5.35. The molecule has 0 amide bonds. The van der Waals surface area contributed by atoms with Crippen LogP contribution < -0.4 is 0 Å². The Morgan fingerprint density at radius 3 is 2.64 bits per heavy atom. The van der Waals surface area contributed by atoms with Crippen LogP contribution in [0.1, 0.15) is 21.7 Å². The first-order chi connectivity index (χ1) is 12.3. The van der Waals surface area contributed by atoms with E-state index in [1.54, 1.807) is 12.1 Å². The van der Waals surface area contributed by atoms with Gasteiger partial charge in [-0.3, -0.25) is 0 Å². The van der Waals surface area contributed by atoms with Crippen molar-refractivity contribution in [2.24, 2.45) is 0 Å². The molecule has 4 aromatic rings. The van der Waals surface area contributed by atoms with Crippen LogP contribution in [-0.2, 0) is 11.2 Å². The largest absolute Gasteiger partial charge is 0.457 e. The predicted octanol–water partition coefficient (Wildman–Crippen LogP) is 5.34. The van der Waals surface area contributed by atoms with Gasteiger partial charge in [-0.2, -0.15) is 0 Å². The number of ether oxygens (including phenoxy) is 1. The Balaban J connectivity index is 1.58. The summed E-state index contributed by atoms with van der Waals surface area (Å²) < 4.78 is 10.7. The molecule has 120 valence electrons. The monoisotopic (exact) mass is 326 g/mol. The van der Waals surface area contributed by atoms with Crippen LogP contribution in [-0.4, -0.2) is 5.97 Å². The fourth-order valence-corrected chi connectivity index (χ4v) is 3.55. The fraction of sp³-hybridized carbons (Fsp3) is 0.0455. The number of benzene rings is 3. The summed E-state index contributed by atoms with van der Waals surface area (Å²) >= 11 is 0. The van der Waals surface area contributed by atoms with Crippen LogP contribution >= 0.6 is 0 Å². The topological polar surface area (TPSA) is 39.4 Å². The van der Waals surface area contributed by atoms with E-state index in [9.17, 15) is 4.79 Å². The van der Waals surface area contributed by atoms with E-state index in [0.29, 0.717) is 5.76 Å². The number of esters is 1. The molecule has 0 fully saturated rings. The molecule has 0 spiro atoms. The van der Waals surface area contributed by atoms with E-state index in [1.165, 1.54) is 33.4 Å². The summed E-state index contributed by atoms with van der Waals surface area (Å²) in [6.07, 6.45) is 4.18. The summed E-state index contributed by atoms with van der Waals surface area (Å²) in [7, 11) is 0. The molecule has 3 nitrogen and oxygen atoms in total. The molecule has 1 heterocycles. The number of hydrogen-bond acceptors (Lipinski definition) is 3. The third-order valence-corrected chi connectivity index (χ3v) is 4.72. The molecule has 0 saturated carbocycles. The van der Waals surface area contributed by atoms with E-state index >= 15 is 0 Å². The van der Waals surface area contributed by atoms with Crippen molar-refractivity contribution in [1.82, 2.24) is 0 Å². The molecular weight excluding hydrogens is 312 g/mol. The molecule has 0 radical (unpaired) electrons. The van der Waals surface area contributed by atoms with Gasteiger partial charge in [0.2, 0.25) is 5.76 Å². The number of hydrogen-bond donors (Lipinski definition) is 0. The highest BCUT2D eigenvalue weighted by Gasteiger charge is 2.22. The van der Waals surface area contributed by atoms with Crippen LogP contribution in [0.5, 0.6) is 0 Å². The first-order valence-corrected chi connectivity index (χ1v) is 8.21. The van der Waals surface area contributed by atoms with Crippen molar-refractivity contribution in [2.45, 2.75) is 6.42 Å². The lowest BCUT2D eigenvalue weighted by molar-refractivity contribution is 0.0658. The maximum atomic E-state index is 12.2. The predicted molar refractivity (Wildman–Crippen MR) is 97.3 cm³/mol. The molecule has 1 aromatic heterocycles. The minimum atomic E-state index is -0.470. The van der Waals surface area contributed by atoms with Crippen molar-refractivity contribution in [1.29, 1.82) is 0 Å². The Morgan fingerprint density at radius 1 is 0.880 bits per heavy atom. The van der Waals surface area contributed by atoms with Gasteiger partial charge in [0.05, 0.1) is 6.26 Å². The van der Waals surface area contributed by atoms with Crippen molar-refractivity contribution in [3.63, 3.8) is 0 Å². The first-order valence-electron chi connectivity index (χ1n) is 8.21. The molecule has 0 saturated heterocycles. The molecule has 0 bridgehead atoms. The highest BCUT2D eigenvalue weighted by molar-refractivity contribution is 6.10. The van der Waals surface area contributed by atoms with Gasteiger partial charge in [-0.1, -0.05) is 48.5 Å². The minimum Gasteiger partial charge on any atom is -0.457 e. The summed E-state index contributed by atoms with van der Waals surface area (Å²) in [6, 6.07) is 20.1. The van der Waals surface area contributed by atoms with E-state index in [0.717, 1.165) is 12.0 Å². The van der Waals surface area contributed by atoms with Crippen LogP contribution in [0.25, 0.3) is 27.3 Å². The molecular formula is C22H14O3. The molecule has 0 aliphatic heterocycles. The van der Waals surface area contributed by atoms with Gasteiger partial charge in [0.1, 0.15) is 5.76 Å². The lowest BCUT2D eigenvalue weighted by Crippen LogP contribution is -2.02. The van der Waals surface area contributed by atoms with Gasteiger partial charge in [0.25, 0.3) is 0 Å². The van der Waals surface area contributed by atoms with Gasteiger partial charge >= 0.3 is 5.97 Å². The number of allylic oxidation sites excluding steroid dienone is 1. The zero-order chi connectivity index (χ0) is 16.8. The van der Waals surface area contributed by atoms with Crippen molar-refractivity contribution in [2.75, 3.05) is 0 Å². The van der Waals surface area contributed by atoms with Gasteiger partial charge in [0, 0.05) is 5.56 Å². The Labute approximate surface area is 144 Å². The smallest absolute Gasteiger partial charge is 0.379 e. The second-order valence-electron chi connectivity index (χ2n) is 6.11. The number of carbonyl (C=O) groups is 1. The Morgan fingerprint density at radius 2 is 1.76 bits per heavy atom. The van der Waals surface area contributed by atoms with E-state index in [4.69, 9.17) is 9.15 Å². The average Bonchev–Trinajstić information content (AvgIpc) is 3.31. The SMILES string of the molecule is O=C(OC1=CCc2c1ccc1c2ccc2ccccc21)c1ccco1. The van der Waals surface area contributed by atoms with Gasteiger partial charge in [-0.15, -0.1) is 0 Å². The number of furan rings is 1. The van der Waals surface area contributed by atoms with E-state index in [2.05, 4.69) is 42.5 Å². The lowest BCUT2D eigenvalue weighted by Gasteiger charge is -2.10. The Hall–Kier alpha value is -3.33. The number of fused-ring (bicyclic) bond motifs is 5. The molecule has 5 rings (SSSR count). The molecule has 3 heteroatoms. The maximum absolute atomic E-state index is 12.2. The summed E-state index contributed by atoms with van der Waals surface area (Å²) in [6.45, 7) is 0. The van der Waals surface area contributed by atoms with Gasteiger partial charge in [-0.05, 0) is 51.7 Å². The van der Waals surface area contributed by atoms with E-state index < -0.39 is 5.97 Å². The number of rotatable bonds is 2. The molecule has 1 aliphatic carbocycles. The minimum absolute atomic E-state index is 0.209. The highest BCUT2D eigenvalue weighted by Crippen LogP contribution is 2.36. The molecule has 0 N–H and O–H groups in total. The van der Waals surface area contributed by atoms with Gasteiger partial charge in [-0.25, -0.2) is 4.79 Å². The molecule has 25 heavy (non-hydrogen) atoms. The zero-order valence-corrected chi connectivity index (χ0v) is 13.4. The number of carbonyl (C=O) groups excluding carboxylic acids is 1. The van der Waals surface area contributed by atoms with Crippen molar-refractivity contribution in [3.8, 4) is 0 Å². The van der Waals surface area contributed by atoms with Crippen LogP contribution in [0.2, 0.25) is 0 Å². The van der Waals surface area contributed by atoms with Crippen molar-refractivity contribution >= 4 is 33.3 Å². The summed E-state index contributed by atoms with van der Waals surface area (Å²) in [4.78, 5) is 12.2. The highest BCUT2D eigenvalue weighted by atomic mass is 16.5. The summed E-state index contributed by atoms with van der Waals surface area (Å²) in [5.74, 6) is 0.343. The second-order valence-corrected chi connectivity index (χ2v) is 6.11. The normalized spacial score (nSPS) is 13.0. The van der Waals surface area contributed by atoms with Crippen LogP contribution in [0.15, 0.2) is 77.4 Å². The Kier molecular flexibility index (Phi) is 3.01. The maximum Gasteiger partial charge on any atom is 0.379 e. The van der Waals surface area contributed by atoms with Crippen LogP contribution in [0, 0.1) is 0 Å². The fourth-order valence-electron chi connectivity index (χ4n) is 3.55. The molecule has 0 atom stereocenters. The molecule has 3 aromatic carbocycles. The lowest BCUT2D eigenvalue weighted by atomic mass is 9.96. The first kappa shape index (κ1) is 14.1. The van der Waals surface area contributed by atoms with E-state index in [1.807, 2.05) is 12.1 Å². The van der Waals surface area contributed by atoms with Crippen molar-refractivity contribution < 1.29 is 13.9 Å². The molecule has 1 aliphatic rings. The van der Waals surface area contributed by atoms with Crippen LogP contribution in [0.3, 0.4) is 0 Å². The average molecular weight is 326 g/mol. The van der Waals surface area contributed by atoms with Crippen LogP contribution in [0.4, 0.5) is 0 Å². The summed E-state index contributed by atoms with van der Waals surface area (Å²) in [5.41, 5.74) is 2.17. The van der Waals surface area contributed by atoms with Gasteiger partial charge < -0.3 is 9.15 Å². The summed E-state index contributed by atoms with van der Waals surface area (Å²) in [5, 5.41) is 4.90. The third-order valence-electron chi connectivity index (χ3n) is 4.72. The Bertz CT molecular complexity index is 1150. The van der Waals surface area contributed by atoms with Gasteiger partial charge in [0.15, 0.2) is 0 Å². The zero-order valence-electron chi connectivity index (χ0n) is 13.4. The standard InChI is InChI=1S/C22H14O3/c23-22(21-6-3-13-24-21)25-20-12-11-18-17-8-7-14-4-1-2-5-15(14)16(17)9-10-19(18)20/h1-10,12-13H,11H2. The van der Waals surface area contributed by atoms with E-state index in [-0.39, 0.29) is 5.76 Å². The third kappa shape index (κ3) is 2.17. The quantitative estimate of drug-likeness (QED) is 0.369. The van der Waals surface area contributed by atoms with Crippen molar-refractivity contribution in [3.05, 3.63) is 89.9 Å². The molecule has 0 unspecified atom stereocenters.